The third-order valence-corrected chi connectivity index (χ3v) is 4.39. The van der Waals surface area contributed by atoms with E-state index in [1.807, 2.05) is 24.3 Å². The first-order chi connectivity index (χ1) is 12.8. The summed E-state index contributed by atoms with van der Waals surface area (Å²) in [6.07, 6.45) is 1.70. The molecule has 4 rings (SSSR count). The van der Waals surface area contributed by atoms with Crippen molar-refractivity contribution >= 4 is 0 Å². The van der Waals surface area contributed by atoms with E-state index < -0.39 is 0 Å². The molecule has 0 saturated carbocycles. The number of rotatable bonds is 5. The highest BCUT2D eigenvalue weighted by atomic mass is 16.5. The van der Waals surface area contributed by atoms with Crippen molar-refractivity contribution in [2.75, 3.05) is 26.3 Å². The van der Waals surface area contributed by atoms with Crippen molar-refractivity contribution in [2.45, 2.75) is 13.1 Å². The first kappa shape index (κ1) is 16.8. The third kappa shape index (κ3) is 3.80. The molecular weight excluding hydrogens is 330 g/mol. The summed E-state index contributed by atoms with van der Waals surface area (Å²) in [6, 6.07) is 12.0. The van der Waals surface area contributed by atoms with Crippen LogP contribution in [-0.4, -0.2) is 46.3 Å². The second-order valence-electron chi connectivity index (χ2n) is 6.25. The van der Waals surface area contributed by atoms with E-state index in [2.05, 4.69) is 32.2 Å². The molecule has 7 nitrogen and oxygen atoms in total. The van der Waals surface area contributed by atoms with Gasteiger partial charge in [-0.2, -0.15) is 4.98 Å². The highest BCUT2D eigenvalue weighted by molar-refractivity contribution is 5.60. The molecule has 2 aromatic heterocycles. The van der Waals surface area contributed by atoms with Crippen molar-refractivity contribution in [3.63, 3.8) is 0 Å². The summed E-state index contributed by atoms with van der Waals surface area (Å²) in [6.45, 7) is 4.78. The minimum absolute atomic E-state index is 0.373. The molecule has 0 spiro atoms. The molecule has 1 fully saturated rings. The molecule has 0 amide bonds. The van der Waals surface area contributed by atoms with Crippen LogP contribution in [0.3, 0.4) is 0 Å². The average Bonchev–Trinajstić information content (AvgIpc) is 3.19. The number of pyridine rings is 1. The number of aromatic nitrogens is 3. The molecule has 1 saturated heterocycles. The highest BCUT2D eigenvalue weighted by Gasteiger charge is 2.14. The van der Waals surface area contributed by atoms with E-state index >= 15 is 0 Å². The largest absolute Gasteiger partial charge is 0.379 e. The molecule has 7 heteroatoms. The lowest BCUT2D eigenvalue weighted by Crippen LogP contribution is -2.35. The first-order valence-corrected chi connectivity index (χ1v) is 8.70. The number of nitrogens with zero attached hydrogens (tertiary/aromatic N) is 4. The molecule has 1 aliphatic rings. The lowest BCUT2D eigenvalue weighted by Gasteiger charge is -2.26. The van der Waals surface area contributed by atoms with Gasteiger partial charge < -0.3 is 15.0 Å². The Balaban J connectivity index is 1.54. The summed E-state index contributed by atoms with van der Waals surface area (Å²) in [7, 11) is 0. The molecule has 0 radical (unpaired) electrons. The zero-order valence-electron chi connectivity index (χ0n) is 14.5. The van der Waals surface area contributed by atoms with Crippen molar-refractivity contribution < 1.29 is 9.26 Å². The zero-order chi connectivity index (χ0) is 17.8. The van der Waals surface area contributed by atoms with Gasteiger partial charge in [0, 0.05) is 43.5 Å². The van der Waals surface area contributed by atoms with Crippen LogP contribution in [0.25, 0.3) is 22.8 Å². The van der Waals surface area contributed by atoms with E-state index in [4.69, 9.17) is 15.0 Å². The number of hydrogen-bond donors (Lipinski definition) is 1. The molecule has 0 unspecified atom stereocenters. The summed E-state index contributed by atoms with van der Waals surface area (Å²) in [4.78, 5) is 11.1. The van der Waals surface area contributed by atoms with Gasteiger partial charge in [-0.3, -0.25) is 9.88 Å². The number of hydrogen-bond acceptors (Lipinski definition) is 7. The van der Waals surface area contributed by atoms with E-state index in [1.54, 1.807) is 6.20 Å². The highest BCUT2D eigenvalue weighted by Crippen LogP contribution is 2.23. The summed E-state index contributed by atoms with van der Waals surface area (Å²) in [5.74, 6) is 1.05. The van der Waals surface area contributed by atoms with Crippen LogP contribution in [0.15, 0.2) is 47.1 Å². The molecule has 134 valence electrons. The summed E-state index contributed by atoms with van der Waals surface area (Å²) in [5, 5.41) is 4.13. The molecule has 2 N–H and O–H groups in total. The SMILES string of the molecule is NCc1cc(-c2nc(-c3cccc(CN4CCOCC4)c3)no2)ccn1. The Kier molecular flexibility index (Phi) is 5.01. The molecule has 3 aromatic rings. The Labute approximate surface area is 151 Å². The normalized spacial score (nSPS) is 15.3. The average molecular weight is 351 g/mol. The molecule has 0 aliphatic carbocycles. The van der Waals surface area contributed by atoms with E-state index in [0.717, 1.165) is 49.7 Å². The van der Waals surface area contributed by atoms with Gasteiger partial charge >= 0.3 is 0 Å². The van der Waals surface area contributed by atoms with Gasteiger partial charge in [-0.25, -0.2) is 0 Å². The Hall–Kier alpha value is -2.61. The van der Waals surface area contributed by atoms with Crippen molar-refractivity contribution in [2.24, 2.45) is 5.73 Å². The standard InChI is InChI=1S/C19H21N5O2/c20-12-17-11-16(4-5-21-17)19-22-18(23-26-19)15-3-1-2-14(10-15)13-24-6-8-25-9-7-24/h1-5,10-11H,6-9,12-13,20H2. The molecule has 0 atom stereocenters. The third-order valence-electron chi connectivity index (χ3n) is 4.39. The lowest BCUT2D eigenvalue weighted by atomic mass is 10.1. The van der Waals surface area contributed by atoms with Gasteiger partial charge in [0.25, 0.3) is 5.89 Å². The minimum atomic E-state index is 0.373. The molecule has 3 heterocycles. The van der Waals surface area contributed by atoms with Crippen LogP contribution in [0.5, 0.6) is 0 Å². The fourth-order valence-electron chi connectivity index (χ4n) is 3.01. The lowest BCUT2D eigenvalue weighted by molar-refractivity contribution is 0.0342. The van der Waals surface area contributed by atoms with E-state index in [9.17, 15) is 0 Å². The minimum Gasteiger partial charge on any atom is -0.379 e. The van der Waals surface area contributed by atoms with Gasteiger partial charge in [0.05, 0.1) is 18.9 Å². The Bertz CT molecular complexity index is 874. The Morgan fingerprint density at radius 3 is 2.81 bits per heavy atom. The first-order valence-electron chi connectivity index (χ1n) is 8.70. The smallest absolute Gasteiger partial charge is 0.258 e. The predicted octanol–water partition coefficient (Wildman–Crippen LogP) is 2.09. The number of benzene rings is 1. The van der Waals surface area contributed by atoms with Crippen LogP contribution < -0.4 is 5.73 Å². The van der Waals surface area contributed by atoms with Crippen molar-refractivity contribution in [1.82, 2.24) is 20.0 Å². The monoisotopic (exact) mass is 351 g/mol. The fourth-order valence-corrected chi connectivity index (χ4v) is 3.01. The van der Waals surface area contributed by atoms with Crippen LogP contribution in [0.2, 0.25) is 0 Å². The molecule has 1 aromatic carbocycles. The Morgan fingerprint density at radius 1 is 1.08 bits per heavy atom. The number of nitrogens with two attached hydrogens (primary N) is 1. The van der Waals surface area contributed by atoms with Crippen molar-refractivity contribution in [3.05, 3.63) is 53.9 Å². The van der Waals surface area contributed by atoms with E-state index in [-0.39, 0.29) is 0 Å². The molecule has 0 bridgehead atoms. The molecular formula is C19H21N5O2. The summed E-state index contributed by atoms with van der Waals surface area (Å²) < 4.78 is 10.8. The number of ether oxygens (including phenoxy) is 1. The maximum atomic E-state index is 5.65. The van der Waals surface area contributed by atoms with Gasteiger partial charge in [0.1, 0.15) is 0 Å². The Morgan fingerprint density at radius 2 is 1.96 bits per heavy atom. The van der Waals surface area contributed by atoms with Gasteiger partial charge in [0.2, 0.25) is 5.82 Å². The van der Waals surface area contributed by atoms with Gasteiger partial charge in [-0.05, 0) is 23.8 Å². The van der Waals surface area contributed by atoms with Gasteiger partial charge in [0.15, 0.2) is 0 Å². The van der Waals surface area contributed by atoms with E-state index in [1.165, 1.54) is 5.56 Å². The molecule has 1 aliphatic heterocycles. The van der Waals surface area contributed by atoms with Crippen molar-refractivity contribution in [1.29, 1.82) is 0 Å². The van der Waals surface area contributed by atoms with Gasteiger partial charge in [-0.15, -0.1) is 0 Å². The van der Waals surface area contributed by atoms with Crippen LogP contribution in [0, 0.1) is 0 Å². The maximum absolute atomic E-state index is 5.65. The quantitative estimate of drug-likeness (QED) is 0.752. The summed E-state index contributed by atoms with van der Waals surface area (Å²) in [5.41, 5.74) is 9.43. The van der Waals surface area contributed by atoms with E-state index in [0.29, 0.717) is 18.3 Å². The second-order valence-corrected chi connectivity index (χ2v) is 6.25. The second kappa shape index (κ2) is 7.74. The maximum Gasteiger partial charge on any atom is 0.258 e. The van der Waals surface area contributed by atoms with Crippen LogP contribution >= 0.6 is 0 Å². The topological polar surface area (TPSA) is 90.3 Å². The number of morpholine rings is 1. The van der Waals surface area contributed by atoms with Crippen LogP contribution in [0.4, 0.5) is 0 Å². The summed E-state index contributed by atoms with van der Waals surface area (Å²) >= 11 is 0. The molecule has 26 heavy (non-hydrogen) atoms. The van der Waals surface area contributed by atoms with Crippen LogP contribution in [-0.2, 0) is 17.8 Å². The van der Waals surface area contributed by atoms with Gasteiger partial charge in [-0.1, -0.05) is 23.4 Å². The van der Waals surface area contributed by atoms with Crippen LogP contribution in [0.1, 0.15) is 11.3 Å². The predicted molar refractivity (Wildman–Crippen MR) is 97.0 cm³/mol. The van der Waals surface area contributed by atoms with Crippen molar-refractivity contribution in [3.8, 4) is 22.8 Å². The zero-order valence-corrected chi connectivity index (χ0v) is 14.5. The fraction of sp³-hybridized carbons (Fsp3) is 0.316.